The molecular formula is C12H17NO2S. The van der Waals surface area contributed by atoms with E-state index in [9.17, 15) is 0 Å². The van der Waals surface area contributed by atoms with Gasteiger partial charge in [-0.25, -0.2) is 4.98 Å². The monoisotopic (exact) mass is 239 g/mol. The fraction of sp³-hybridized carbons (Fsp3) is 0.583. The number of rotatable bonds is 5. The lowest BCUT2D eigenvalue weighted by molar-refractivity contribution is 0.227. The highest BCUT2D eigenvalue weighted by Gasteiger charge is 2.24. The third kappa shape index (κ3) is 3.30. The molecule has 16 heavy (non-hydrogen) atoms. The molecule has 0 aliphatic heterocycles. The van der Waals surface area contributed by atoms with Crippen LogP contribution in [0.25, 0.3) is 0 Å². The third-order valence-electron chi connectivity index (χ3n) is 2.14. The topological polar surface area (TPSA) is 31.4 Å². The van der Waals surface area contributed by atoms with Crippen molar-refractivity contribution in [3.63, 3.8) is 0 Å². The molecule has 0 amide bonds. The van der Waals surface area contributed by atoms with Gasteiger partial charge in [0.2, 0.25) is 5.88 Å². The van der Waals surface area contributed by atoms with Crippen LogP contribution in [0.4, 0.5) is 0 Å². The van der Waals surface area contributed by atoms with Crippen LogP contribution in [0.1, 0.15) is 26.7 Å². The van der Waals surface area contributed by atoms with Crippen molar-refractivity contribution in [3.05, 3.63) is 12.1 Å². The van der Waals surface area contributed by atoms with Crippen LogP contribution in [0.2, 0.25) is 0 Å². The van der Waals surface area contributed by atoms with Crippen LogP contribution in [0.3, 0.4) is 0 Å². The van der Waals surface area contributed by atoms with Gasteiger partial charge in [-0.15, -0.1) is 11.8 Å². The molecule has 88 valence electrons. The number of aromatic nitrogens is 1. The van der Waals surface area contributed by atoms with Gasteiger partial charge in [0.1, 0.15) is 10.8 Å². The van der Waals surface area contributed by atoms with Crippen molar-refractivity contribution in [2.75, 3.05) is 6.26 Å². The van der Waals surface area contributed by atoms with Crippen LogP contribution in [0.5, 0.6) is 11.6 Å². The summed E-state index contributed by atoms with van der Waals surface area (Å²) in [5.74, 6) is 1.52. The number of pyridine rings is 1. The maximum absolute atomic E-state index is 5.76. The Morgan fingerprint density at radius 3 is 2.69 bits per heavy atom. The Morgan fingerprint density at radius 1 is 1.38 bits per heavy atom. The fourth-order valence-corrected chi connectivity index (χ4v) is 1.73. The molecule has 1 aromatic heterocycles. The van der Waals surface area contributed by atoms with Gasteiger partial charge < -0.3 is 9.47 Å². The van der Waals surface area contributed by atoms with E-state index in [-0.39, 0.29) is 6.10 Å². The predicted molar refractivity (Wildman–Crippen MR) is 65.4 cm³/mol. The molecule has 0 saturated heterocycles. The Kier molecular flexibility index (Phi) is 3.59. The molecule has 0 atom stereocenters. The smallest absolute Gasteiger partial charge is 0.218 e. The lowest BCUT2D eigenvalue weighted by atomic mass is 10.4. The van der Waals surface area contributed by atoms with Crippen LogP contribution in [-0.4, -0.2) is 23.4 Å². The van der Waals surface area contributed by atoms with Crippen molar-refractivity contribution in [2.24, 2.45) is 0 Å². The SMILES string of the molecule is CSc1cc(OC2CC2)cc(OC(C)C)n1. The van der Waals surface area contributed by atoms with Gasteiger partial charge in [0.15, 0.2) is 0 Å². The lowest BCUT2D eigenvalue weighted by Crippen LogP contribution is -2.07. The Balaban J connectivity index is 2.15. The van der Waals surface area contributed by atoms with Crippen molar-refractivity contribution < 1.29 is 9.47 Å². The maximum Gasteiger partial charge on any atom is 0.218 e. The minimum Gasteiger partial charge on any atom is -0.490 e. The van der Waals surface area contributed by atoms with E-state index in [1.807, 2.05) is 32.2 Å². The number of ether oxygens (including phenoxy) is 2. The molecule has 1 saturated carbocycles. The highest BCUT2D eigenvalue weighted by molar-refractivity contribution is 7.98. The normalized spacial score (nSPS) is 15.2. The minimum absolute atomic E-state index is 0.137. The highest BCUT2D eigenvalue weighted by atomic mass is 32.2. The largest absolute Gasteiger partial charge is 0.490 e. The van der Waals surface area contributed by atoms with Crippen molar-refractivity contribution >= 4 is 11.8 Å². The summed E-state index contributed by atoms with van der Waals surface area (Å²) < 4.78 is 11.4. The summed E-state index contributed by atoms with van der Waals surface area (Å²) in [6.45, 7) is 3.99. The molecule has 1 aliphatic carbocycles. The summed E-state index contributed by atoms with van der Waals surface area (Å²) >= 11 is 1.60. The van der Waals surface area contributed by atoms with E-state index in [4.69, 9.17) is 9.47 Å². The second kappa shape index (κ2) is 4.95. The molecule has 1 aliphatic rings. The first-order valence-electron chi connectivity index (χ1n) is 5.57. The Labute approximate surface area is 101 Å². The van der Waals surface area contributed by atoms with E-state index in [0.717, 1.165) is 23.6 Å². The average Bonchev–Trinajstić information content (AvgIpc) is 3.00. The zero-order valence-corrected chi connectivity index (χ0v) is 10.7. The first-order chi connectivity index (χ1) is 7.67. The molecule has 0 radical (unpaired) electrons. The van der Waals surface area contributed by atoms with Gasteiger partial charge in [0.05, 0.1) is 12.2 Å². The van der Waals surface area contributed by atoms with Gasteiger partial charge >= 0.3 is 0 Å². The minimum atomic E-state index is 0.137. The van der Waals surface area contributed by atoms with Crippen molar-refractivity contribution in [1.29, 1.82) is 0 Å². The summed E-state index contributed by atoms with van der Waals surface area (Å²) in [4.78, 5) is 4.38. The molecule has 1 fully saturated rings. The van der Waals surface area contributed by atoms with Gasteiger partial charge in [-0.3, -0.25) is 0 Å². The van der Waals surface area contributed by atoms with Crippen molar-refractivity contribution in [1.82, 2.24) is 4.98 Å². The number of hydrogen-bond donors (Lipinski definition) is 0. The molecule has 0 unspecified atom stereocenters. The van der Waals surface area contributed by atoms with E-state index in [0.29, 0.717) is 12.0 Å². The first kappa shape index (κ1) is 11.6. The number of nitrogens with zero attached hydrogens (tertiary/aromatic N) is 1. The predicted octanol–water partition coefficient (Wildman–Crippen LogP) is 3.13. The summed E-state index contributed by atoms with van der Waals surface area (Å²) in [5, 5.41) is 0.939. The van der Waals surface area contributed by atoms with Crippen molar-refractivity contribution in [3.8, 4) is 11.6 Å². The molecule has 0 N–H and O–H groups in total. The van der Waals surface area contributed by atoms with Gasteiger partial charge in [0.25, 0.3) is 0 Å². The third-order valence-corrected chi connectivity index (χ3v) is 2.77. The Morgan fingerprint density at radius 2 is 2.12 bits per heavy atom. The van der Waals surface area contributed by atoms with Crippen LogP contribution in [-0.2, 0) is 0 Å². The van der Waals surface area contributed by atoms with Crippen LogP contribution >= 0.6 is 11.8 Å². The van der Waals surface area contributed by atoms with Crippen LogP contribution < -0.4 is 9.47 Å². The van der Waals surface area contributed by atoms with E-state index < -0.39 is 0 Å². The van der Waals surface area contributed by atoms with E-state index in [1.54, 1.807) is 11.8 Å². The van der Waals surface area contributed by atoms with E-state index in [1.165, 1.54) is 0 Å². The second-order valence-electron chi connectivity index (χ2n) is 4.17. The molecule has 0 bridgehead atoms. The van der Waals surface area contributed by atoms with Gasteiger partial charge in [-0.1, -0.05) is 0 Å². The Bertz CT molecular complexity index is 342. The van der Waals surface area contributed by atoms with Gasteiger partial charge in [-0.05, 0) is 32.9 Å². The summed E-state index contributed by atoms with van der Waals surface area (Å²) in [7, 11) is 0. The Hall–Kier alpha value is -0.900. The fourth-order valence-electron chi connectivity index (χ4n) is 1.31. The molecule has 1 aromatic rings. The summed E-state index contributed by atoms with van der Waals surface area (Å²) in [5.41, 5.74) is 0. The zero-order chi connectivity index (χ0) is 11.5. The molecule has 2 rings (SSSR count). The van der Waals surface area contributed by atoms with Crippen LogP contribution in [0.15, 0.2) is 17.2 Å². The van der Waals surface area contributed by atoms with Crippen molar-refractivity contribution in [2.45, 2.75) is 43.9 Å². The van der Waals surface area contributed by atoms with Gasteiger partial charge in [0, 0.05) is 12.1 Å². The molecule has 0 spiro atoms. The molecule has 1 heterocycles. The summed E-state index contributed by atoms with van der Waals surface area (Å²) in [6.07, 6.45) is 4.87. The molecule has 3 nitrogen and oxygen atoms in total. The van der Waals surface area contributed by atoms with E-state index in [2.05, 4.69) is 4.98 Å². The number of hydrogen-bond acceptors (Lipinski definition) is 4. The number of thioether (sulfide) groups is 1. The molecular weight excluding hydrogens is 222 g/mol. The van der Waals surface area contributed by atoms with E-state index >= 15 is 0 Å². The first-order valence-corrected chi connectivity index (χ1v) is 6.79. The quantitative estimate of drug-likeness (QED) is 0.739. The average molecular weight is 239 g/mol. The second-order valence-corrected chi connectivity index (χ2v) is 4.99. The van der Waals surface area contributed by atoms with Gasteiger partial charge in [-0.2, -0.15) is 0 Å². The lowest BCUT2D eigenvalue weighted by Gasteiger charge is -2.12. The molecule has 4 heteroatoms. The van der Waals surface area contributed by atoms with Crippen LogP contribution in [0, 0.1) is 0 Å². The standard InChI is InChI=1S/C12H17NO2S/c1-8(2)14-11-6-10(15-9-4-5-9)7-12(13-11)16-3/h6-9H,4-5H2,1-3H3. The molecule has 0 aromatic carbocycles. The maximum atomic E-state index is 5.76. The zero-order valence-electron chi connectivity index (χ0n) is 9.90. The summed E-state index contributed by atoms with van der Waals surface area (Å²) in [6, 6.07) is 3.84. The highest BCUT2D eigenvalue weighted by Crippen LogP contribution is 2.31.